The lowest BCUT2D eigenvalue weighted by molar-refractivity contribution is -0.124. The molecule has 15 heavy (non-hydrogen) atoms. The second-order valence-corrected chi connectivity index (χ2v) is 3.75. The van der Waals surface area contributed by atoms with E-state index in [2.05, 4.69) is 20.7 Å². The second-order valence-electron chi connectivity index (χ2n) is 3.75. The first-order valence-corrected chi connectivity index (χ1v) is 5.12. The van der Waals surface area contributed by atoms with Crippen LogP contribution in [-0.2, 0) is 4.79 Å². The molecule has 6 heteroatoms. The summed E-state index contributed by atoms with van der Waals surface area (Å²) >= 11 is 0. The highest BCUT2D eigenvalue weighted by molar-refractivity contribution is 5.80. The number of hydrogen-bond donors (Lipinski definition) is 2. The Balaban J connectivity index is 1.90. The Morgan fingerprint density at radius 2 is 2.60 bits per heavy atom. The van der Waals surface area contributed by atoms with Gasteiger partial charge in [-0.1, -0.05) is 0 Å². The van der Waals surface area contributed by atoms with E-state index in [9.17, 15) is 4.79 Å². The zero-order valence-corrected chi connectivity index (χ0v) is 8.68. The number of rotatable bonds is 3. The molecule has 1 aromatic heterocycles. The summed E-state index contributed by atoms with van der Waals surface area (Å²) in [5.74, 6) is -0.00537. The molecule has 0 saturated carbocycles. The average molecular weight is 209 g/mol. The van der Waals surface area contributed by atoms with Crippen molar-refractivity contribution in [3.05, 3.63) is 12.7 Å². The molecule has 1 fully saturated rings. The first-order chi connectivity index (χ1) is 7.27. The molecule has 0 aliphatic carbocycles. The number of aromatic nitrogens is 3. The maximum Gasteiger partial charge on any atom is 0.244 e. The highest BCUT2D eigenvalue weighted by Crippen LogP contribution is 2.04. The number of amides is 1. The molecule has 1 amide bonds. The summed E-state index contributed by atoms with van der Waals surface area (Å²) in [6.07, 6.45) is 3.98. The van der Waals surface area contributed by atoms with Gasteiger partial charge in [-0.25, -0.2) is 9.67 Å². The molecule has 2 atom stereocenters. The zero-order valence-electron chi connectivity index (χ0n) is 8.68. The van der Waals surface area contributed by atoms with E-state index in [0.29, 0.717) is 0 Å². The van der Waals surface area contributed by atoms with Crippen molar-refractivity contribution in [1.29, 1.82) is 0 Å². The number of nitrogens with zero attached hydrogens (tertiary/aromatic N) is 3. The van der Waals surface area contributed by atoms with Crippen LogP contribution in [0.5, 0.6) is 0 Å². The van der Waals surface area contributed by atoms with E-state index in [4.69, 9.17) is 0 Å². The highest BCUT2D eigenvalue weighted by Gasteiger charge is 2.21. The molecule has 0 radical (unpaired) electrons. The Labute approximate surface area is 88.1 Å². The molecule has 2 rings (SSSR count). The molecule has 2 N–H and O–H groups in total. The van der Waals surface area contributed by atoms with Crippen molar-refractivity contribution in [3.63, 3.8) is 0 Å². The van der Waals surface area contributed by atoms with Gasteiger partial charge in [-0.2, -0.15) is 5.10 Å². The van der Waals surface area contributed by atoms with Crippen LogP contribution in [0.4, 0.5) is 0 Å². The molecule has 6 nitrogen and oxygen atoms in total. The van der Waals surface area contributed by atoms with Crippen LogP contribution in [0, 0.1) is 0 Å². The summed E-state index contributed by atoms with van der Waals surface area (Å²) in [7, 11) is 0. The molecule has 1 aliphatic heterocycles. The van der Waals surface area contributed by atoms with E-state index >= 15 is 0 Å². The molecule has 1 unspecified atom stereocenters. The van der Waals surface area contributed by atoms with Gasteiger partial charge in [0.05, 0.1) is 0 Å². The van der Waals surface area contributed by atoms with Gasteiger partial charge in [0, 0.05) is 12.6 Å². The van der Waals surface area contributed by atoms with Gasteiger partial charge in [-0.15, -0.1) is 0 Å². The number of hydrogen-bond acceptors (Lipinski definition) is 4. The molecule has 1 aliphatic rings. The third kappa shape index (κ3) is 2.33. The molecular formula is C9H15N5O. The molecule has 1 saturated heterocycles. The number of carbonyl (C=O) groups excluding carboxylic acids is 1. The van der Waals surface area contributed by atoms with E-state index in [-0.39, 0.29) is 18.0 Å². The van der Waals surface area contributed by atoms with Gasteiger partial charge in [0.15, 0.2) is 0 Å². The van der Waals surface area contributed by atoms with Crippen LogP contribution >= 0.6 is 0 Å². The van der Waals surface area contributed by atoms with Gasteiger partial charge in [0.25, 0.3) is 0 Å². The Morgan fingerprint density at radius 1 is 1.73 bits per heavy atom. The van der Waals surface area contributed by atoms with Gasteiger partial charge in [-0.05, 0) is 19.9 Å². The van der Waals surface area contributed by atoms with E-state index in [1.54, 1.807) is 11.0 Å². The summed E-state index contributed by atoms with van der Waals surface area (Å²) in [5, 5.41) is 10.1. The standard InChI is InChI=1S/C9H15N5O/c1-7(14-6-11-5-12-14)9(15)13-8-2-3-10-4-8/h5-8,10H,2-4H2,1H3,(H,13,15)/t7?,8-/m0/s1. The molecule has 1 aromatic rings. The lowest BCUT2D eigenvalue weighted by Gasteiger charge is -2.15. The lowest BCUT2D eigenvalue weighted by atomic mass is 10.2. The summed E-state index contributed by atoms with van der Waals surface area (Å²) in [5.41, 5.74) is 0. The largest absolute Gasteiger partial charge is 0.350 e. The summed E-state index contributed by atoms with van der Waals surface area (Å²) < 4.78 is 1.55. The minimum Gasteiger partial charge on any atom is -0.350 e. The van der Waals surface area contributed by atoms with Gasteiger partial charge in [0.1, 0.15) is 18.7 Å². The average Bonchev–Trinajstić information content (AvgIpc) is 2.88. The first-order valence-electron chi connectivity index (χ1n) is 5.12. The van der Waals surface area contributed by atoms with Crippen molar-refractivity contribution in [1.82, 2.24) is 25.4 Å². The minimum absolute atomic E-state index is 0.00537. The maximum atomic E-state index is 11.8. The molecular weight excluding hydrogens is 194 g/mol. The van der Waals surface area contributed by atoms with Crippen LogP contribution < -0.4 is 10.6 Å². The van der Waals surface area contributed by atoms with E-state index in [1.807, 2.05) is 6.92 Å². The topological polar surface area (TPSA) is 71.8 Å². The quantitative estimate of drug-likeness (QED) is 0.691. The number of nitrogens with one attached hydrogen (secondary N) is 2. The first kappa shape index (κ1) is 10.1. The lowest BCUT2D eigenvalue weighted by Crippen LogP contribution is -2.40. The van der Waals surface area contributed by atoms with Gasteiger partial charge in [-0.3, -0.25) is 4.79 Å². The Morgan fingerprint density at radius 3 is 3.20 bits per heavy atom. The SMILES string of the molecule is CC(C(=O)N[C@H]1CCNC1)n1cncn1. The Kier molecular flexibility index (Phi) is 2.96. The fourth-order valence-electron chi connectivity index (χ4n) is 1.64. The molecule has 2 heterocycles. The molecule has 82 valence electrons. The van der Waals surface area contributed by atoms with Crippen LogP contribution in [0.15, 0.2) is 12.7 Å². The van der Waals surface area contributed by atoms with Crippen LogP contribution in [0.2, 0.25) is 0 Å². The predicted octanol–water partition coefficient (Wildman–Crippen LogP) is -0.683. The van der Waals surface area contributed by atoms with Crippen LogP contribution in [-0.4, -0.2) is 39.8 Å². The summed E-state index contributed by atoms with van der Waals surface area (Å²) in [6, 6.07) is -0.0448. The van der Waals surface area contributed by atoms with Crippen molar-refractivity contribution in [2.45, 2.75) is 25.4 Å². The normalized spacial score (nSPS) is 22.6. The van der Waals surface area contributed by atoms with Crippen molar-refractivity contribution in [2.75, 3.05) is 13.1 Å². The van der Waals surface area contributed by atoms with E-state index in [1.165, 1.54) is 6.33 Å². The third-order valence-electron chi connectivity index (χ3n) is 2.62. The zero-order chi connectivity index (χ0) is 10.7. The molecule has 0 spiro atoms. The highest BCUT2D eigenvalue weighted by atomic mass is 16.2. The maximum absolute atomic E-state index is 11.8. The fraction of sp³-hybridized carbons (Fsp3) is 0.667. The van der Waals surface area contributed by atoms with Crippen molar-refractivity contribution >= 4 is 5.91 Å². The summed E-state index contributed by atoms with van der Waals surface area (Å²) in [6.45, 7) is 3.64. The Bertz CT molecular complexity index is 317. The van der Waals surface area contributed by atoms with Crippen LogP contribution in [0.3, 0.4) is 0 Å². The van der Waals surface area contributed by atoms with E-state index < -0.39 is 0 Å². The van der Waals surface area contributed by atoms with Crippen LogP contribution in [0.25, 0.3) is 0 Å². The van der Waals surface area contributed by atoms with Crippen molar-refractivity contribution < 1.29 is 4.79 Å². The fourth-order valence-corrected chi connectivity index (χ4v) is 1.64. The number of carbonyl (C=O) groups is 1. The smallest absolute Gasteiger partial charge is 0.244 e. The van der Waals surface area contributed by atoms with Gasteiger partial charge in [0.2, 0.25) is 5.91 Å². The predicted molar refractivity (Wildman–Crippen MR) is 54.2 cm³/mol. The third-order valence-corrected chi connectivity index (χ3v) is 2.62. The molecule has 0 bridgehead atoms. The van der Waals surface area contributed by atoms with Gasteiger partial charge < -0.3 is 10.6 Å². The van der Waals surface area contributed by atoms with Crippen molar-refractivity contribution in [3.8, 4) is 0 Å². The van der Waals surface area contributed by atoms with E-state index in [0.717, 1.165) is 19.5 Å². The summed E-state index contributed by atoms with van der Waals surface area (Å²) in [4.78, 5) is 15.6. The van der Waals surface area contributed by atoms with Crippen LogP contribution in [0.1, 0.15) is 19.4 Å². The van der Waals surface area contributed by atoms with Gasteiger partial charge >= 0.3 is 0 Å². The molecule has 0 aromatic carbocycles. The second kappa shape index (κ2) is 4.39. The van der Waals surface area contributed by atoms with Crippen molar-refractivity contribution in [2.24, 2.45) is 0 Å². The minimum atomic E-state index is -0.298. The monoisotopic (exact) mass is 209 g/mol. The Hall–Kier alpha value is -1.43.